The van der Waals surface area contributed by atoms with Gasteiger partial charge in [0.05, 0.1) is 31.9 Å². The molecule has 2 amide bonds. The van der Waals surface area contributed by atoms with Crippen LogP contribution in [0.5, 0.6) is 11.5 Å². The zero-order valence-electron chi connectivity index (χ0n) is 17.2. The summed E-state index contributed by atoms with van der Waals surface area (Å²) in [5.41, 5.74) is 0.611. The fraction of sp³-hybridized carbons (Fsp3) is 0.300. The van der Waals surface area contributed by atoms with Gasteiger partial charge in [0.2, 0.25) is 0 Å². The predicted molar refractivity (Wildman–Crippen MR) is 111 cm³/mol. The minimum Gasteiger partial charge on any atom is -0.497 e. The smallest absolute Gasteiger partial charge is 0.282 e. The Labute approximate surface area is 173 Å². The molecule has 0 saturated carbocycles. The third kappa shape index (κ3) is 5.92. The molecule has 0 aromatic heterocycles. The minimum atomic E-state index is -0.606. The van der Waals surface area contributed by atoms with E-state index in [1.807, 2.05) is 0 Å². The molecule has 0 heterocycles. The molecule has 2 rings (SSSR count). The van der Waals surface area contributed by atoms with Crippen LogP contribution in [0, 0.1) is 10.1 Å². The molecule has 160 valence electrons. The molecule has 10 nitrogen and oxygen atoms in total. The first-order valence-corrected chi connectivity index (χ1v) is 9.14. The van der Waals surface area contributed by atoms with Crippen LogP contribution in [-0.2, 0) is 9.59 Å². The first-order valence-electron chi connectivity index (χ1n) is 9.14. The van der Waals surface area contributed by atoms with E-state index in [1.165, 1.54) is 32.4 Å². The Bertz CT molecular complexity index is 933. The number of likely N-dealkylation sites (N-methyl/N-ethyl adjacent to an activating group) is 1. The number of nitrogens with one attached hydrogen (secondary N) is 3. The van der Waals surface area contributed by atoms with Gasteiger partial charge in [0.1, 0.15) is 11.5 Å². The van der Waals surface area contributed by atoms with Crippen LogP contribution in [0.1, 0.15) is 6.92 Å². The summed E-state index contributed by atoms with van der Waals surface area (Å²) in [6.07, 6.45) is 0. The van der Waals surface area contributed by atoms with Gasteiger partial charge in [-0.1, -0.05) is 6.07 Å². The summed E-state index contributed by atoms with van der Waals surface area (Å²) in [5.74, 6) is 0.246. The molecule has 0 bridgehead atoms. The molecule has 30 heavy (non-hydrogen) atoms. The molecular formula is C20H25N4O6+. The Morgan fingerprint density at radius 1 is 1.13 bits per heavy atom. The molecule has 2 aromatic rings. The monoisotopic (exact) mass is 417 g/mol. The summed E-state index contributed by atoms with van der Waals surface area (Å²) in [6.45, 7) is 1.70. The lowest BCUT2D eigenvalue weighted by Gasteiger charge is -2.21. The van der Waals surface area contributed by atoms with Crippen LogP contribution in [-0.4, -0.2) is 50.6 Å². The van der Waals surface area contributed by atoms with Gasteiger partial charge in [-0.25, -0.2) is 0 Å². The van der Waals surface area contributed by atoms with Crippen LogP contribution in [0.3, 0.4) is 0 Å². The van der Waals surface area contributed by atoms with Gasteiger partial charge >= 0.3 is 0 Å². The third-order valence-electron chi connectivity index (χ3n) is 4.58. The number of carbonyl (C=O) groups is 2. The summed E-state index contributed by atoms with van der Waals surface area (Å²) in [7, 11) is 4.65. The number of hydrogen-bond acceptors (Lipinski definition) is 6. The van der Waals surface area contributed by atoms with E-state index in [1.54, 1.807) is 38.2 Å². The standard InChI is InChI=1S/C20H24N4O6/c1-13(20(26)22-17-11-15(24(27)28)8-9-18(17)30-4)23(2)12-19(25)21-14-6-5-7-16(10-14)29-3/h5-11,13H,12H2,1-4H3,(H,21,25)(H,22,26)/p+1/t13-/m1/s1. The number of nitro benzene ring substituents is 1. The Morgan fingerprint density at radius 3 is 2.50 bits per heavy atom. The van der Waals surface area contributed by atoms with Crippen molar-refractivity contribution in [3.05, 3.63) is 52.6 Å². The highest BCUT2D eigenvalue weighted by atomic mass is 16.6. The molecule has 2 aromatic carbocycles. The van der Waals surface area contributed by atoms with Crippen LogP contribution in [0.15, 0.2) is 42.5 Å². The summed E-state index contributed by atoms with van der Waals surface area (Å²) in [6, 6.07) is 10.3. The number of benzene rings is 2. The second-order valence-electron chi connectivity index (χ2n) is 6.66. The molecule has 1 unspecified atom stereocenters. The number of anilines is 2. The van der Waals surface area contributed by atoms with Crippen molar-refractivity contribution >= 4 is 28.9 Å². The predicted octanol–water partition coefficient (Wildman–Crippen LogP) is 1.09. The number of non-ortho nitro benzene ring substituents is 1. The number of nitro groups is 1. The van der Waals surface area contributed by atoms with Crippen LogP contribution in [0.2, 0.25) is 0 Å². The van der Waals surface area contributed by atoms with Crippen LogP contribution >= 0.6 is 0 Å². The molecular weight excluding hydrogens is 392 g/mol. The molecule has 0 radical (unpaired) electrons. The van der Waals surface area contributed by atoms with E-state index < -0.39 is 16.9 Å². The molecule has 0 spiro atoms. The number of methoxy groups -OCH3 is 2. The van der Waals surface area contributed by atoms with E-state index in [0.717, 1.165) is 0 Å². The topological polar surface area (TPSA) is 124 Å². The Morgan fingerprint density at radius 2 is 1.87 bits per heavy atom. The molecule has 10 heteroatoms. The van der Waals surface area contributed by atoms with Crippen molar-refractivity contribution in [2.75, 3.05) is 38.4 Å². The summed E-state index contributed by atoms with van der Waals surface area (Å²) in [4.78, 5) is 36.0. The highest BCUT2D eigenvalue weighted by Gasteiger charge is 2.25. The summed E-state index contributed by atoms with van der Waals surface area (Å²) >= 11 is 0. The van der Waals surface area contributed by atoms with Gasteiger partial charge in [0.25, 0.3) is 17.5 Å². The molecule has 0 aliphatic heterocycles. The molecule has 2 atom stereocenters. The van der Waals surface area contributed by atoms with Crippen molar-refractivity contribution in [3.8, 4) is 11.5 Å². The van der Waals surface area contributed by atoms with Gasteiger partial charge in [0.15, 0.2) is 12.6 Å². The van der Waals surface area contributed by atoms with Gasteiger partial charge in [-0.2, -0.15) is 0 Å². The van der Waals surface area contributed by atoms with Crippen molar-refractivity contribution in [2.45, 2.75) is 13.0 Å². The SMILES string of the molecule is COc1cccc(NC(=O)C[NH+](C)[C@H](C)C(=O)Nc2cc([N+](=O)[O-])ccc2OC)c1. The zero-order valence-corrected chi connectivity index (χ0v) is 17.2. The van der Waals surface area contributed by atoms with Crippen LogP contribution in [0.25, 0.3) is 0 Å². The number of hydrogen-bond donors (Lipinski definition) is 3. The maximum atomic E-state index is 12.6. The Kier molecular flexibility index (Phi) is 7.70. The highest BCUT2D eigenvalue weighted by Crippen LogP contribution is 2.28. The molecule has 0 saturated heterocycles. The highest BCUT2D eigenvalue weighted by molar-refractivity contribution is 5.96. The number of carbonyl (C=O) groups excluding carboxylic acids is 2. The van der Waals surface area contributed by atoms with Gasteiger partial charge in [-0.3, -0.25) is 19.7 Å². The quantitative estimate of drug-likeness (QED) is 0.414. The van der Waals surface area contributed by atoms with Gasteiger partial charge in [-0.05, 0) is 25.1 Å². The van der Waals surface area contributed by atoms with E-state index >= 15 is 0 Å². The summed E-state index contributed by atoms with van der Waals surface area (Å²) < 4.78 is 10.3. The van der Waals surface area contributed by atoms with Gasteiger partial charge < -0.3 is 25.0 Å². The Hall–Kier alpha value is -3.66. The van der Waals surface area contributed by atoms with E-state index in [0.29, 0.717) is 22.1 Å². The van der Waals surface area contributed by atoms with Crippen LogP contribution in [0.4, 0.5) is 17.1 Å². The molecule has 3 N–H and O–H groups in total. The average Bonchev–Trinajstić information content (AvgIpc) is 2.72. The number of amides is 2. The maximum absolute atomic E-state index is 12.6. The summed E-state index contributed by atoms with van der Waals surface area (Å²) in [5, 5.41) is 16.4. The van der Waals surface area contributed by atoms with E-state index in [-0.39, 0.29) is 23.8 Å². The first kappa shape index (κ1) is 22.6. The second kappa shape index (κ2) is 10.2. The van der Waals surface area contributed by atoms with Crippen molar-refractivity contribution < 1.29 is 28.9 Å². The largest absolute Gasteiger partial charge is 0.497 e. The maximum Gasteiger partial charge on any atom is 0.282 e. The minimum absolute atomic E-state index is 0.0396. The fourth-order valence-electron chi connectivity index (χ4n) is 2.68. The van der Waals surface area contributed by atoms with Crippen LogP contribution < -0.4 is 25.0 Å². The lowest BCUT2D eigenvalue weighted by molar-refractivity contribution is -0.885. The van der Waals surface area contributed by atoms with E-state index in [4.69, 9.17) is 9.47 Å². The van der Waals surface area contributed by atoms with E-state index in [2.05, 4.69) is 10.6 Å². The number of quaternary nitrogens is 1. The number of nitrogens with zero attached hydrogens (tertiary/aromatic N) is 1. The third-order valence-corrected chi connectivity index (χ3v) is 4.58. The lowest BCUT2D eigenvalue weighted by atomic mass is 10.2. The molecule has 0 fully saturated rings. The number of ether oxygens (including phenoxy) is 2. The van der Waals surface area contributed by atoms with Crippen molar-refractivity contribution in [1.29, 1.82) is 0 Å². The van der Waals surface area contributed by atoms with Gasteiger partial charge in [-0.15, -0.1) is 0 Å². The zero-order chi connectivity index (χ0) is 22.3. The van der Waals surface area contributed by atoms with Gasteiger partial charge in [0, 0.05) is 23.9 Å². The molecule has 0 aliphatic rings. The van der Waals surface area contributed by atoms with E-state index in [9.17, 15) is 19.7 Å². The van der Waals surface area contributed by atoms with Crippen molar-refractivity contribution in [3.63, 3.8) is 0 Å². The number of rotatable bonds is 9. The molecule has 0 aliphatic carbocycles. The average molecular weight is 417 g/mol. The second-order valence-corrected chi connectivity index (χ2v) is 6.66. The normalized spacial score (nSPS) is 12.4. The van der Waals surface area contributed by atoms with Crippen molar-refractivity contribution in [2.24, 2.45) is 0 Å². The first-order chi connectivity index (χ1) is 14.2. The Balaban J connectivity index is 2.00. The van der Waals surface area contributed by atoms with Crippen molar-refractivity contribution in [1.82, 2.24) is 0 Å². The fourth-order valence-corrected chi connectivity index (χ4v) is 2.68. The lowest BCUT2D eigenvalue weighted by Crippen LogP contribution is -3.14.